The number of aryl methyl sites for hydroxylation is 1. The summed E-state index contributed by atoms with van der Waals surface area (Å²) >= 11 is 0. The van der Waals surface area contributed by atoms with Crippen LogP contribution in [0.2, 0.25) is 0 Å². The van der Waals surface area contributed by atoms with Gasteiger partial charge in [-0.05, 0) is 43.9 Å². The number of hydrogen-bond donors (Lipinski definition) is 2. The van der Waals surface area contributed by atoms with E-state index in [2.05, 4.69) is 10.6 Å². The van der Waals surface area contributed by atoms with Gasteiger partial charge in [0, 0.05) is 19.4 Å². The zero-order valence-corrected chi connectivity index (χ0v) is 16.8. The SMILES string of the molecule is CCNC(=O)c1ccccc1NC(=O)CCCC(=O)OCCCc1ccccc1. The van der Waals surface area contributed by atoms with Crippen molar-refractivity contribution in [1.82, 2.24) is 5.32 Å². The largest absolute Gasteiger partial charge is 0.466 e. The number of benzene rings is 2. The number of ether oxygens (including phenoxy) is 1. The lowest BCUT2D eigenvalue weighted by molar-refractivity contribution is -0.143. The summed E-state index contributed by atoms with van der Waals surface area (Å²) in [6, 6.07) is 16.9. The molecule has 0 aliphatic rings. The van der Waals surface area contributed by atoms with Crippen molar-refractivity contribution in [2.24, 2.45) is 0 Å². The van der Waals surface area contributed by atoms with Crippen LogP contribution in [0.25, 0.3) is 0 Å². The Labute approximate surface area is 171 Å². The molecular formula is C23H28N2O4. The maximum absolute atomic E-state index is 12.1. The van der Waals surface area contributed by atoms with Crippen molar-refractivity contribution in [2.45, 2.75) is 39.0 Å². The fourth-order valence-electron chi connectivity index (χ4n) is 2.83. The van der Waals surface area contributed by atoms with E-state index in [1.165, 1.54) is 5.56 Å². The van der Waals surface area contributed by atoms with E-state index in [-0.39, 0.29) is 30.6 Å². The van der Waals surface area contributed by atoms with Gasteiger partial charge in [0.05, 0.1) is 17.9 Å². The Morgan fingerprint density at radius 1 is 0.897 bits per heavy atom. The van der Waals surface area contributed by atoms with Crippen molar-refractivity contribution in [3.63, 3.8) is 0 Å². The lowest BCUT2D eigenvalue weighted by Gasteiger charge is -2.10. The van der Waals surface area contributed by atoms with Crippen LogP contribution in [0.4, 0.5) is 5.69 Å². The average Bonchev–Trinajstić information content (AvgIpc) is 2.72. The van der Waals surface area contributed by atoms with Gasteiger partial charge in [-0.15, -0.1) is 0 Å². The minimum Gasteiger partial charge on any atom is -0.466 e. The molecule has 0 spiro atoms. The summed E-state index contributed by atoms with van der Waals surface area (Å²) in [5.74, 6) is -0.769. The molecule has 0 atom stereocenters. The molecule has 2 N–H and O–H groups in total. The van der Waals surface area contributed by atoms with Crippen molar-refractivity contribution < 1.29 is 19.1 Å². The Balaban J connectivity index is 1.65. The molecule has 29 heavy (non-hydrogen) atoms. The van der Waals surface area contributed by atoms with Gasteiger partial charge in [-0.1, -0.05) is 42.5 Å². The predicted molar refractivity (Wildman–Crippen MR) is 113 cm³/mol. The van der Waals surface area contributed by atoms with Crippen LogP contribution in [-0.2, 0) is 20.7 Å². The number of esters is 1. The van der Waals surface area contributed by atoms with Crippen molar-refractivity contribution >= 4 is 23.5 Å². The van der Waals surface area contributed by atoms with E-state index in [1.54, 1.807) is 24.3 Å². The van der Waals surface area contributed by atoms with Crippen molar-refractivity contribution in [3.05, 3.63) is 65.7 Å². The van der Waals surface area contributed by atoms with E-state index < -0.39 is 0 Å². The molecule has 0 saturated carbocycles. The summed E-state index contributed by atoms with van der Waals surface area (Å²) in [6.45, 7) is 2.72. The third kappa shape index (κ3) is 8.17. The van der Waals surface area contributed by atoms with E-state index in [9.17, 15) is 14.4 Å². The lowest BCUT2D eigenvalue weighted by Crippen LogP contribution is -2.24. The number of para-hydroxylation sites is 1. The fourth-order valence-corrected chi connectivity index (χ4v) is 2.83. The van der Waals surface area contributed by atoms with Crippen LogP contribution in [0, 0.1) is 0 Å². The van der Waals surface area contributed by atoms with Crippen molar-refractivity contribution in [3.8, 4) is 0 Å². The van der Waals surface area contributed by atoms with Crippen molar-refractivity contribution in [2.75, 3.05) is 18.5 Å². The third-order valence-electron chi connectivity index (χ3n) is 4.28. The Kier molecular flexibility index (Phi) is 9.42. The van der Waals surface area contributed by atoms with Gasteiger partial charge in [0.2, 0.25) is 5.91 Å². The molecule has 0 unspecified atom stereocenters. The molecule has 2 aromatic rings. The second kappa shape index (κ2) is 12.3. The van der Waals surface area contributed by atoms with Crippen molar-refractivity contribution in [1.29, 1.82) is 0 Å². The fraction of sp³-hybridized carbons (Fsp3) is 0.348. The smallest absolute Gasteiger partial charge is 0.305 e. The van der Waals surface area contributed by atoms with Gasteiger partial charge in [-0.3, -0.25) is 14.4 Å². The summed E-state index contributed by atoms with van der Waals surface area (Å²) < 4.78 is 5.22. The molecule has 0 heterocycles. The van der Waals surface area contributed by atoms with E-state index in [0.717, 1.165) is 12.8 Å². The van der Waals surface area contributed by atoms with Crippen LogP contribution in [0.1, 0.15) is 48.5 Å². The predicted octanol–water partition coefficient (Wildman–Crippen LogP) is 3.72. The van der Waals surface area contributed by atoms with Crippen LogP contribution in [0.5, 0.6) is 0 Å². The summed E-state index contributed by atoms with van der Waals surface area (Å²) in [6.07, 6.45) is 2.40. The van der Waals surface area contributed by atoms with Gasteiger partial charge in [0.25, 0.3) is 5.91 Å². The highest BCUT2D eigenvalue weighted by atomic mass is 16.5. The Morgan fingerprint density at radius 2 is 1.62 bits per heavy atom. The summed E-state index contributed by atoms with van der Waals surface area (Å²) in [5, 5.41) is 5.46. The van der Waals surface area contributed by atoms with E-state index in [0.29, 0.717) is 30.8 Å². The van der Waals surface area contributed by atoms with Gasteiger partial charge >= 0.3 is 5.97 Å². The first kappa shape index (κ1) is 22.1. The Hall–Kier alpha value is -3.15. The van der Waals surface area contributed by atoms with E-state index in [1.807, 2.05) is 37.3 Å². The third-order valence-corrected chi connectivity index (χ3v) is 4.28. The Morgan fingerprint density at radius 3 is 2.38 bits per heavy atom. The maximum atomic E-state index is 12.1. The zero-order valence-electron chi connectivity index (χ0n) is 16.8. The quantitative estimate of drug-likeness (QED) is 0.448. The summed E-state index contributed by atoms with van der Waals surface area (Å²) in [7, 11) is 0. The molecular weight excluding hydrogens is 368 g/mol. The highest BCUT2D eigenvalue weighted by Gasteiger charge is 2.13. The van der Waals surface area contributed by atoms with Gasteiger partial charge in [-0.25, -0.2) is 0 Å². The number of anilines is 1. The van der Waals surface area contributed by atoms with E-state index in [4.69, 9.17) is 4.74 Å². The maximum Gasteiger partial charge on any atom is 0.305 e. The normalized spacial score (nSPS) is 10.2. The van der Waals surface area contributed by atoms with Gasteiger partial charge in [0.15, 0.2) is 0 Å². The molecule has 2 amide bonds. The first-order valence-corrected chi connectivity index (χ1v) is 9.96. The number of nitrogens with one attached hydrogen (secondary N) is 2. The molecule has 0 aliphatic heterocycles. The monoisotopic (exact) mass is 396 g/mol. The van der Waals surface area contributed by atoms with Gasteiger partial charge in [-0.2, -0.15) is 0 Å². The number of carbonyl (C=O) groups is 3. The van der Waals surface area contributed by atoms with Crippen LogP contribution in [0.3, 0.4) is 0 Å². The topological polar surface area (TPSA) is 84.5 Å². The van der Waals surface area contributed by atoms with Gasteiger partial charge in [0.1, 0.15) is 0 Å². The molecule has 154 valence electrons. The van der Waals surface area contributed by atoms with Crippen LogP contribution >= 0.6 is 0 Å². The summed E-state index contributed by atoms with van der Waals surface area (Å²) in [5.41, 5.74) is 2.10. The molecule has 6 heteroatoms. The second-order valence-corrected chi connectivity index (χ2v) is 6.62. The zero-order chi connectivity index (χ0) is 20.9. The highest BCUT2D eigenvalue weighted by Crippen LogP contribution is 2.15. The lowest BCUT2D eigenvalue weighted by atomic mass is 10.1. The molecule has 2 rings (SSSR count). The van der Waals surface area contributed by atoms with Crippen LogP contribution in [-0.4, -0.2) is 30.9 Å². The minimum atomic E-state index is -0.298. The second-order valence-electron chi connectivity index (χ2n) is 6.62. The first-order chi connectivity index (χ1) is 14.1. The summed E-state index contributed by atoms with van der Waals surface area (Å²) in [4.78, 5) is 36.0. The van der Waals surface area contributed by atoms with E-state index >= 15 is 0 Å². The average molecular weight is 396 g/mol. The molecule has 0 fully saturated rings. The van der Waals surface area contributed by atoms with Crippen LogP contribution in [0.15, 0.2) is 54.6 Å². The number of carbonyl (C=O) groups excluding carboxylic acids is 3. The molecule has 0 saturated heterocycles. The van der Waals surface area contributed by atoms with Crippen LogP contribution < -0.4 is 10.6 Å². The molecule has 6 nitrogen and oxygen atoms in total. The highest BCUT2D eigenvalue weighted by molar-refractivity contribution is 6.03. The standard InChI is InChI=1S/C23H28N2O4/c1-2-24-23(28)19-13-6-7-14-20(19)25-21(26)15-8-16-22(27)29-17-9-12-18-10-4-3-5-11-18/h3-7,10-11,13-14H,2,8-9,12,15-17H2,1H3,(H,24,28)(H,25,26). The minimum absolute atomic E-state index is 0.183. The molecule has 0 bridgehead atoms. The Bertz CT molecular complexity index is 806. The number of amides is 2. The molecule has 0 aromatic heterocycles. The first-order valence-electron chi connectivity index (χ1n) is 9.96. The van der Waals surface area contributed by atoms with Gasteiger partial charge < -0.3 is 15.4 Å². The number of rotatable bonds is 11. The molecule has 0 radical (unpaired) electrons. The molecule has 0 aliphatic carbocycles. The molecule has 2 aromatic carbocycles. The number of hydrogen-bond acceptors (Lipinski definition) is 4.